The van der Waals surface area contributed by atoms with Crippen molar-refractivity contribution in [2.24, 2.45) is 0 Å². The molecule has 4 heteroatoms. The van der Waals surface area contributed by atoms with E-state index in [1.807, 2.05) is 0 Å². The zero-order chi connectivity index (χ0) is 10.4. The lowest BCUT2D eigenvalue weighted by molar-refractivity contribution is 0.669. The van der Waals surface area contributed by atoms with Crippen molar-refractivity contribution in [1.82, 2.24) is 15.3 Å². The van der Waals surface area contributed by atoms with Crippen LogP contribution in [0.2, 0.25) is 0 Å². The van der Waals surface area contributed by atoms with Gasteiger partial charge in [0.1, 0.15) is 8.37 Å². The van der Waals surface area contributed by atoms with E-state index in [1.165, 1.54) is 0 Å². The van der Waals surface area contributed by atoms with E-state index in [9.17, 15) is 0 Å². The smallest absolute Gasteiger partial charge is 0.112 e. The van der Waals surface area contributed by atoms with E-state index in [4.69, 9.17) is 0 Å². The minimum atomic E-state index is -0.429. The van der Waals surface area contributed by atoms with Crippen molar-refractivity contribution in [2.75, 3.05) is 0 Å². The van der Waals surface area contributed by atoms with Crippen LogP contribution >= 0.6 is 8.37 Å². The van der Waals surface area contributed by atoms with Gasteiger partial charge in [-0.1, -0.05) is 0 Å². The van der Waals surface area contributed by atoms with Gasteiger partial charge in [0, 0.05) is 18.1 Å². The molecule has 13 heavy (non-hydrogen) atoms. The first-order valence-corrected chi connectivity index (χ1v) is 6.34. The van der Waals surface area contributed by atoms with Crippen LogP contribution in [0.4, 0.5) is 0 Å². The molecule has 3 nitrogen and oxygen atoms in total. The van der Waals surface area contributed by atoms with Crippen molar-refractivity contribution in [3.63, 3.8) is 0 Å². The Kier molecular flexibility index (Phi) is 6.88. The van der Waals surface area contributed by atoms with Crippen LogP contribution in [0.15, 0.2) is 0 Å². The van der Waals surface area contributed by atoms with Gasteiger partial charge in [-0.2, -0.15) is 0 Å². The summed E-state index contributed by atoms with van der Waals surface area (Å²) in [5.41, 5.74) is 0. The number of hydrogen-bond acceptors (Lipinski definition) is 3. The Morgan fingerprint density at radius 1 is 0.615 bits per heavy atom. The number of rotatable bonds is 6. The van der Waals surface area contributed by atoms with E-state index < -0.39 is 8.37 Å². The molecule has 0 aromatic heterocycles. The summed E-state index contributed by atoms with van der Waals surface area (Å²) in [5, 5.41) is 10.5. The first kappa shape index (κ1) is 13.3. The summed E-state index contributed by atoms with van der Waals surface area (Å²) in [6.07, 6.45) is 0. The summed E-state index contributed by atoms with van der Waals surface area (Å²) in [6, 6.07) is 1.55. The van der Waals surface area contributed by atoms with Crippen LogP contribution in [0.5, 0.6) is 0 Å². The van der Waals surface area contributed by atoms with Crippen LogP contribution in [0, 0.1) is 0 Å². The maximum Gasteiger partial charge on any atom is 0.112 e. The van der Waals surface area contributed by atoms with Gasteiger partial charge in [-0.25, -0.2) is 0 Å². The van der Waals surface area contributed by atoms with Crippen molar-refractivity contribution >= 4 is 8.37 Å². The molecule has 0 spiro atoms. The van der Waals surface area contributed by atoms with Gasteiger partial charge in [-0.15, -0.1) is 0 Å². The largest absolute Gasteiger partial charge is 0.269 e. The summed E-state index contributed by atoms with van der Waals surface area (Å²) in [7, 11) is -0.429. The quantitative estimate of drug-likeness (QED) is 0.582. The molecular weight excluding hydrogens is 181 g/mol. The van der Waals surface area contributed by atoms with E-state index in [1.54, 1.807) is 0 Å². The number of nitrogens with one attached hydrogen (secondary N) is 3. The number of hydrogen-bond donors (Lipinski definition) is 3. The highest BCUT2D eigenvalue weighted by Crippen LogP contribution is 2.21. The van der Waals surface area contributed by atoms with Gasteiger partial charge in [0.2, 0.25) is 0 Å². The standard InChI is InChI=1S/C9H24N3P/c1-7(2)10-13(11-8(3)4)12-9(5)6/h7-12H,1-6H3. The Bertz CT molecular complexity index is 102. The van der Waals surface area contributed by atoms with Gasteiger partial charge in [-0.05, 0) is 41.5 Å². The Morgan fingerprint density at radius 2 is 0.846 bits per heavy atom. The maximum atomic E-state index is 3.49. The Morgan fingerprint density at radius 3 is 1.00 bits per heavy atom. The highest BCUT2D eigenvalue weighted by molar-refractivity contribution is 7.51. The molecule has 0 heterocycles. The molecule has 0 aromatic carbocycles. The minimum absolute atomic E-state index is 0.429. The second-order valence-corrected chi connectivity index (χ2v) is 5.63. The zero-order valence-corrected chi connectivity index (χ0v) is 10.6. The topological polar surface area (TPSA) is 36.1 Å². The van der Waals surface area contributed by atoms with Gasteiger partial charge >= 0.3 is 0 Å². The highest BCUT2D eigenvalue weighted by atomic mass is 31.1. The molecule has 0 fully saturated rings. The summed E-state index contributed by atoms with van der Waals surface area (Å²) < 4.78 is 0. The SMILES string of the molecule is CC(C)NP(NC(C)C)NC(C)C. The molecule has 3 N–H and O–H groups in total. The zero-order valence-electron chi connectivity index (χ0n) is 9.68. The first-order valence-electron chi connectivity index (χ1n) is 5.00. The fraction of sp³-hybridized carbons (Fsp3) is 1.00. The second-order valence-electron chi connectivity index (χ2n) is 4.19. The average molecular weight is 205 g/mol. The fourth-order valence-corrected chi connectivity index (χ4v) is 2.66. The predicted octanol–water partition coefficient (Wildman–Crippen LogP) is 2.21. The van der Waals surface area contributed by atoms with Crippen molar-refractivity contribution in [3.05, 3.63) is 0 Å². The lowest BCUT2D eigenvalue weighted by atomic mass is 10.4. The van der Waals surface area contributed by atoms with Crippen molar-refractivity contribution in [2.45, 2.75) is 59.7 Å². The normalized spacial score (nSPS) is 12.5. The molecular formula is C9H24N3P. The molecule has 0 radical (unpaired) electrons. The van der Waals surface area contributed by atoms with Gasteiger partial charge in [-0.3, -0.25) is 15.3 Å². The molecule has 0 aromatic rings. The van der Waals surface area contributed by atoms with E-state index in [0.29, 0.717) is 18.1 Å². The van der Waals surface area contributed by atoms with Gasteiger partial charge in [0.15, 0.2) is 0 Å². The van der Waals surface area contributed by atoms with Gasteiger partial charge < -0.3 is 0 Å². The van der Waals surface area contributed by atoms with Crippen LogP contribution in [0.3, 0.4) is 0 Å². The van der Waals surface area contributed by atoms with Crippen molar-refractivity contribution < 1.29 is 0 Å². The predicted molar refractivity (Wildman–Crippen MR) is 61.7 cm³/mol. The van der Waals surface area contributed by atoms with Crippen molar-refractivity contribution in [1.29, 1.82) is 0 Å². The third-order valence-corrected chi connectivity index (χ3v) is 3.49. The van der Waals surface area contributed by atoms with E-state index in [2.05, 4.69) is 56.8 Å². The molecule has 0 saturated carbocycles. The van der Waals surface area contributed by atoms with E-state index >= 15 is 0 Å². The monoisotopic (exact) mass is 205 g/mol. The Balaban J connectivity index is 3.87. The van der Waals surface area contributed by atoms with Crippen molar-refractivity contribution in [3.8, 4) is 0 Å². The fourth-order valence-electron chi connectivity index (χ4n) is 0.886. The lowest BCUT2D eigenvalue weighted by Crippen LogP contribution is -2.37. The molecule has 0 unspecified atom stereocenters. The lowest BCUT2D eigenvalue weighted by Gasteiger charge is -2.26. The molecule has 0 aliphatic heterocycles. The van der Waals surface area contributed by atoms with Crippen LogP contribution in [-0.4, -0.2) is 18.1 Å². The van der Waals surface area contributed by atoms with E-state index in [-0.39, 0.29) is 0 Å². The van der Waals surface area contributed by atoms with Gasteiger partial charge in [0.25, 0.3) is 0 Å². The third kappa shape index (κ3) is 8.63. The third-order valence-electron chi connectivity index (χ3n) is 1.16. The van der Waals surface area contributed by atoms with Crippen LogP contribution < -0.4 is 15.3 Å². The Labute approximate surface area is 84.0 Å². The molecule has 80 valence electrons. The molecule has 0 aliphatic rings. The van der Waals surface area contributed by atoms with Gasteiger partial charge in [0.05, 0.1) is 0 Å². The maximum absolute atomic E-state index is 3.49. The minimum Gasteiger partial charge on any atom is -0.269 e. The average Bonchev–Trinajstić information content (AvgIpc) is 1.80. The summed E-state index contributed by atoms with van der Waals surface area (Å²) >= 11 is 0. The molecule has 0 bridgehead atoms. The molecule has 0 amide bonds. The molecule has 0 rings (SSSR count). The van der Waals surface area contributed by atoms with Crippen LogP contribution in [-0.2, 0) is 0 Å². The molecule has 0 aliphatic carbocycles. The van der Waals surface area contributed by atoms with E-state index in [0.717, 1.165) is 0 Å². The molecule has 0 saturated heterocycles. The summed E-state index contributed by atoms with van der Waals surface area (Å²) in [4.78, 5) is 0. The highest BCUT2D eigenvalue weighted by Gasteiger charge is 2.11. The summed E-state index contributed by atoms with van der Waals surface area (Å²) in [6.45, 7) is 13.0. The first-order chi connectivity index (χ1) is 5.91. The van der Waals surface area contributed by atoms with Crippen LogP contribution in [0.1, 0.15) is 41.5 Å². The molecule has 0 atom stereocenters. The van der Waals surface area contributed by atoms with Crippen LogP contribution in [0.25, 0.3) is 0 Å². The second kappa shape index (κ2) is 6.72. The summed E-state index contributed by atoms with van der Waals surface area (Å²) in [5.74, 6) is 0. The Hall–Kier alpha value is 0.310.